The average molecular weight is 295 g/mol. The highest BCUT2D eigenvalue weighted by molar-refractivity contribution is 5.90. The van der Waals surface area contributed by atoms with Gasteiger partial charge in [-0.1, -0.05) is 30.3 Å². The maximum atomic E-state index is 11.8. The van der Waals surface area contributed by atoms with E-state index in [-0.39, 0.29) is 6.03 Å². The van der Waals surface area contributed by atoms with Crippen LogP contribution in [0.3, 0.4) is 0 Å². The van der Waals surface area contributed by atoms with Crippen molar-refractivity contribution in [1.29, 1.82) is 5.26 Å². The summed E-state index contributed by atoms with van der Waals surface area (Å²) < 4.78 is 5.59. The second-order valence-corrected chi connectivity index (χ2v) is 4.65. The lowest BCUT2D eigenvalue weighted by atomic mass is 10.2. The molecule has 0 fully saturated rings. The predicted molar refractivity (Wildman–Crippen MR) is 84.9 cm³/mol. The van der Waals surface area contributed by atoms with Crippen molar-refractivity contribution < 1.29 is 9.53 Å². The molecule has 0 aliphatic carbocycles. The van der Waals surface area contributed by atoms with Crippen molar-refractivity contribution in [2.75, 3.05) is 18.5 Å². The molecule has 0 aromatic heterocycles. The van der Waals surface area contributed by atoms with Crippen LogP contribution < -0.4 is 15.4 Å². The summed E-state index contributed by atoms with van der Waals surface area (Å²) in [6.07, 6.45) is 0. The number of amides is 2. The van der Waals surface area contributed by atoms with Gasteiger partial charge in [-0.15, -0.1) is 0 Å². The fourth-order valence-corrected chi connectivity index (χ4v) is 1.90. The number of rotatable bonds is 5. The van der Waals surface area contributed by atoms with Gasteiger partial charge in [-0.25, -0.2) is 4.79 Å². The maximum Gasteiger partial charge on any atom is 0.319 e. The van der Waals surface area contributed by atoms with Crippen LogP contribution in [0.15, 0.2) is 48.5 Å². The Morgan fingerprint density at radius 2 is 1.91 bits per heavy atom. The standard InChI is InChI=1S/C17H17N3O2/c1-13-6-2-5-9-16(13)22-11-10-19-17(21)20-15-8-4-3-7-14(15)12-18/h2-9H,10-11H2,1H3,(H2,19,20,21). The third kappa shape index (κ3) is 4.25. The van der Waals surface area contributed by atoms with Gasteiger partial charge < -0.3 is 15.4 Å². The van der Waals surface area contributed by atoms with E-state index in [9.17, 15) is 4.79 Å². The predicted octanol–water partition coefficient (Wildman–Crippen LogP) is 3.07. The van der Waals surface area contributed by atoms with Gasteiger partial charge in [0.1, 0.15) is 18.4 Å². The molecule has 112 valence electrons. The van der Waals surface area contributed by atoms with E-state index < -0.39 is 0 Å². The molecule has 2 aromatic carbocycles. The number of nitrogens with zero attached hydrogens (tertiary/aromatic N) is 1. The number of nitrogens with one attached hydrogen (secondary N) is 2. The fraction of sp³-hybridized carbons (Fsp3) is 0.176. The van der Waals surface area contributed by atoms with Crippen LogP contribution in [0.2, 0.25) is 0 Å². The number of nitriles is 1. The molecule has 0 radical (unpaired) electrons. The number of anilines is 1. The molecule has 0 saturated carbocycles. The topological polar surface area (TPSA) is 74.2 Å². The van der Waals surface area contributed by atoms with E-state index in [0.717, 1.165) is 11.3 Å². The molecule has 0 atom stereocenters. The number of urea groups is 1. The SMILES string of the molecule is Cc1ccccc1OCCNC(=O)Nc1ccccc1C#N. The zero-order valence-electron chi connectivity index (χ0n) is 12.3. The molecule has 2 amide bonds. The quantitative estimate of drug-likeness (QED) is 0.832. The number of para-hydroxylation sites is 2. The molecule has 0 saturated heterocycles. The number of benzene rings is 2. The van der Waals surface area contributed by atoms with Gasteiger partial charge in [0.25, 0.3) is 0 Å². The molecule has 0 aliphatic rings. The molecule has 0 unspecified atom stereocenters. The summed E-state index contributed by atoms with van der Waals surface area (Å²) in [5.74, 6) is 0.805. The van der Waals surface area contributed by atoms with Gasteiger partial charge in [0, 0.05) is 0 Å². The van der Waals surface area contributed by atoms with E-state index in [1.54, 1.807) is 24.3 Å². The van der Waals surface area contributed by atoms with Crippen molar-refractivity contribution >= 4 is 11.7 Å². The lowest BCUT2D eigenvalue weighted by molar-refractivity contribution is 0.247. The molecule has 0 heterocycles. The second kappa shape index (κ2) is 7.70. The Labute approximate surface area is 129 Å². The Kier molecular flexibility index (Phi) is 5.38. The van der Waals surface area contributed by atoms with Crippen molar-refractivity contribution in [3.05, 3.63) is 59.7 Å². The van der Waals surface area contributed by atoms with Gasteiger partial charge in [-0.2, -0.15) is 5.26 Å². The summed E-state index contributed by atoms with van der Waals surface area (Å²) in [6.45, 7) is 2.71. The average Bonchev–Trinajstić information content (AvgIpc) is 2.53. The Morgan fingerprint density at radius 3 is 2.68 bits per heavy atom. The molecule has 0 bridgehead atoms. The van der Waals surface area contributed by atoms with E-state index in [0.29, 0.717) is 24.4 Å². The smallest absolute Gasteiger partial charge is 0.319 e. The first-order valence-electron chi connectivity index (χ1n) is 6.93. The zero-order valence-corrected chi connectivity index (χ0v) is 12.3. The van der Waals surface area contributed by atoms with Crippen LogP contribution >= 0.6 is 0 Å². The minimum Gasteiger partial charge on any atom is -0.491 e. The highest BCUT2D eigenvalue weighted by atomic mass is 16.5. The van der Waals surface area contributed by atoms with Crippen molar-refractivity contribution in [1.82, 2.24) is 5.32 Å². The highest BCUT2D eigenvalue weighted by Gasteiger charge is 2.05. The number of hydrogen-bond donors (Lipinski definition) is 2. The Hall–Kier alpha value is -3.00. The molecule has 5 nitrogen and oxygen atoms in total. The van der Waals surface area contributed by atoms with Gasteiger partial charge in [-0.05, 0) is 30.7 Å². The largest absolute Gasteiger partial charge is 0.491 e. The van der Waals surface area contributed by atoms with Crippen LogP contribution in [0.5, 0.6) is 5.75 Å². The molecule has 2 aromatic rings. The molecule has 0 spiro atoms. The van der Waals surface area contributed by atoms with E-state index in [1.807, 2.05) is 37.3 Å². The zero-order chi connectivity index (χ0) is 15.8. The van der Waals surface area contributed by atoms with E-state index in [2.05, 4.69) is 10.6 Å². The second-order valence-electron chi connectivity index (χ2n) is 4.65. The summed E-state index contributed by atoms with van der Waals surface area (Å²) in [5, 5.41) is 14.3. The Bertz CT molecular complexity index is 692. The van der Waals surface area contributed by atoms with Gasteiger partial charge in [0.05, 0.1) is 17.8 Å². The fourth-order valence-electron chi connectivity index (χ4n) is 1.90. The summed E-state index contributed by atoms with van der Waals surface area (Å²) in [6, 6.07) is 16.2. The number of aryl methyl sites for hydroxylation is 1. The summed E-state index contributed by atoms with van der Waals surface area (Å²) in [4.78, 5) is 11.8. The van der Waals surface area contributed by atoms with Gasteiger partial charge in [-0.3, -0.25) is 0 Å². The van der Waals surface area contributed by atoms with Gasteiger partial charge >= 0.3 is 6.03 Å². The first kappa shape index (κ1) is 15.4. The van der Waals surface area contributed by atoms with E-state index in [4.69, 9.17) is 10.00 Å². The third-order valence-electron chi connectivity index (χ3n) is 3.03. The van der Waals surface area contributed by atoms with Crippen LogP contribution in [-0.4, -0.2) is 19.2 Å². The number of hydrogen-bond acceptors (Lipinski definition) is 3. The first-order valence-corrected chi connectivity index (χ1v) is 6.93. The highest BCUT2D eigenvalue weighted by Crippen LogP contribution is 2.15. The van der Waals surface area contributed by atoms with Crippen molar-refractivity contribution in [3.8, 4) is 11.8 Å². The maximum absolute atomic E-state index is 11.8. The lowest BCUT2D eigenvalue weighted by Gasteiger charge is -2.11. The first-order chi connectivity index (χ1) is 10.7. The number of carbonyl (C=O) groups excluding carboxylic acids is 1. The minimum absolute atomic E-state index is 0.365. The minimum atomic E-state index is -0.365. The van der Waals surface area contributed by atoms with E-state index in [1.165, 1.54) is 0 Å². The lowest BCUT2D eigenvalue weighted by Crippen LogP contribution is -2.32. The molecule has 0 aliphatic heterocycles. The monoisotopic (exact) mass is 295 g/mol. The Morgan fingerprint density at radius 1 is 1.18 bits per heavy atom. The summed E-state index contributed by atoms with van der Waals surface area (Å²) >= 11 is 0. The van der Waals surface area contributed by atoms with Crippen molar-refractivity contribution in [2.24, 2.45) is 0 Å². The van der Waals surface area contributed by atoms with Gasteiger partial charge in [0.2, 0.25) is 0 Å². The van der Waals surface area contributed by atoms with Gasteiger partial charge in [0.15, 0.2) is 0 Å². The third-order valence-corrected chi connectivity index (χ3v) is 3.03. The molecular weight excluding hydrogens is 278 g/mol. The van der Waals surface area contributed by atoms with Crippen LogP contribution in [0.4, 0.5) is 10.5 Å². The Balaban J connectivity index is 1.77. The molecule has 5 heteroatoms. The van der Waals surface area contributed by atoms with Crippen molar-refractivity contribution in [2.45, 2.75) is 6.92 Å². The van der Waals surface area contributed by atoms with Crippen molar-refractivity contribution in [3.63, 3.8) is 0 Å². The molecular formula is C17H17N3O2. The van der Waals surface area contributed by atoms with Crippen LogP contribution in [0, 0.1) is 18.3 Å². The van der Waals surface area contributed by atoms with Crippen LogP contribution in [0.1, 0.15) is 11.1 Å². The molecule has 22 heavy (non-hydrogen) atoms. The number of carbonyl (C=O) groups is 1. The molecule has 2 rings (SSSR count). The van der Waals surface area contributed by atoms with E-state index >= 15 is 0 Å². The van der Waals surface area contributed by atoms with Crippen LogP contribution in [-0.2, 0) is 0 Å². The van der Waals surface area contributed by atoms with Crippen LogP contribution in [0.25, 0.3) is 0 Å². The normalized spacial score (nSPS) is 9.64. The summed E-state index contributed by atoms with van der Waals surface area (Å²) in [7, 11) is 0. The summed E-state index contributed by atoms with van der Waals surface area (Å²) in [5.41, 5.74) is 1.96. The number of ether oxygens (including phenoxy) is 1. The molecule has 2 N–H and O–H groups in total.